The van der Waals surface area contributed by atoms with Gasteiger partial charge in [0.25, 0.3) is 0 Å². The highest BCUT2D eigenvalue weighted by molar-refractivity contribution is 14.1. The first-order chi connectivity index (χ1) is 7.20. The second kappa shape index (κ2) is 6.74. The average Bonchev–Trinajstić information content (AvgIpc) is 2.25. The van der Waals surface area contributed by atoms with Gasteiger partial charge in [-0.25, -0.2) is 4.98 Å². The summed E-state index contributed by atoms with van der Waals surface area (Å²) in [6.45, 7) is 1.97. The van der Waals surface area contributed by atoms with Crippen molar-refractivity contribution < 1.29 is 0 Å². The number of pyridine rings is 2. The lowest BCUT2D eigenvalue weighted by atomic mass is 10.4. The van der Waals surface area contributed by atoms with Crippen LogP contribution in [0, 0.1) is 10.6 Å². The van der Waals surface area contributed by atoms with E-state index in [2.05, 4.69) is 32.6 Å². The number of nitrogens with zero attached hydrogens (tertiary/aromatic N) is 2. The molecule has 0 fully saturated rings. The normalized spacial score (nSPS) is 9.00. The topological polar surface area (TPSA) is 25.8 Å². The van der Waals surface area contributed by atoms with Crippen LogP contribution >= 0.6 is 34.2 Å². The minimum atomic E-state index is 0.716. The molecule has 2 aromatic heterocycles. The Hall–Kier alpha value is -0.680. The van der Waals surface area contributed by atoms with Crippen LogP contribution in [-0.4, -0.2) is 9.97 Å². The maximum Gasteiger partial charge on any atom is 0.119 e. The lowest BCUT2D eigenvalue weighted by Gasteiger charge is -1.88. The molecule has 0 radical (unpaired) electrons. The van der Waals surface area contributed by atoms with Crippen LogP contribution < -0.4 is 0 Å². The fourth-order valence-corrected chi connectivity index (χ4v) is 1.28. The predicted octanol–water partition coefficient (Wildman–Crippen LogP) is 3.73. The lowest BCUT2D eigenvalue weighted by molar-refractivity contribution is 1.20. The van der Waals surface area contributed by atoms with E-state index in [4.69, 9.17) is 11.6 Å². The molecule has 2 rings (SSSR count). The highest BCUT2D eigenvalue weighted by atomic mass is 127. The zero-order valence-electron chi connectivity index (χ0n) is 8.19. The third kappa shape index (κ3) is 5.09. The van der Waals surface area contributed by atoms with E-state index >= 15 is 0 Å². The van der Waals surface area contributed by atoms with Gasteiger partial charge in [0.2, 0.25) is 0 Å². The van der Waals surface area contributed by atoms with Crippen LogP contribution in [0.4, 0.5) is 0 Å². The highest BCUT2D eigenvalue weighted by Crippen LogP contribution is 2.12. The van der Waals surface area contributed by atoms with Gasteiger partial charge in [-0.05, 0) is 53.8 Å². The molecule has 0 atom stereocenters. The summed E-state index contributed by atoms with van der Waals surface area (Å²) in [5, 5.41) is 0.716. The molecule has 0 amide bonds. The lowest BCUT2D eigenvalue weighted by Crippen LogP contribution is -1.76. The largest absolute Gasteiger partial charge is 0.262 e. The zero-order chi connectivity index (χ0) is 11.1. The van der Waals surface area contributed by atoms with E-state index in [1.807, 2.05) is 37.3 Å². The van der Waals surface area contributed by atoms with E-state index in [1.54, 1.807) is 12.4 Å². The molecule has 78 valence electrons. The molecule has 0 aliphatic heterocycles. The van der Waals surface area contributed by atoms with Crippen LogP contribution in [0.2, 0.25) is 5.02 Å². The quantitative estimate of drug-likeness (QED) is 0.543. The molecule has 2 heterocycles. The number of aromatic nitrogens is 2. The summed E-state index contributed by atoms with van der Waals surface area (Å²) in [5.74, 6) is 0. The van der Waals surface area contributed by atoms with Gasteiger partial charge in [-0.3, -0.25) is 4.98 Å². The first kappa shape index (κ1) is 12.4. The first-order valence-electron chi connectivity index (χ1n) is 4.34. The van der Waals surface area contributed by atoms with Crippen molar-refractivity contribution in [3.63, 3.8) is 0 Å². The molecule has 0 saturated carbocycles. The molecule has 0 aromatic carbocycles. The van der Waals surface area contributed by atoms with Gasteiger partial charge in [-0.2, -0.15) is 0 Å². The molecule has 0 N–H and O–H groups in total. The Bertz CT molecular complexity index is 385. The molecular weight excluding hydrogens is 322 g/mol. The second-order valence-corrected chi connectivity index (χ2v) is 4.18. The van der Waals surface area contributed by atoms with Crippen molar-refractivity contribution in [2.75, 3.05) is 0 Å². The Balaban J connectivity index is 0.000000151. The van der Waals surface area contributed by atoms with Crippen LogP contribution in [0.25, 0.3) is 0 Å². The van der Waals surface area contributed by atoms with Crippen molar-refractivity contribution >= 4 is 34.2 Å². The predicted molar refractivity (Wildman–Crippen MR) is 70.9 cm³/mol. The second-order valence-electron chi connectivity index (χ2n) is 2.75. The smallest absolute Gasteiger partial charge is 0.119 e. The summed E-state index contributed by atoms with van der Waals surface area (Å²) < 4.78 is 0.853. The Morgan fingerprint density at radius 2 is 1.80 bits per heavy atom. The molecular formula is C11H10ClIN2. The molecule has 0 bridgehead atoms. The van der Waals surface area contributed by atoms with Gasteiger partial charge in [-0.15, -0.1) is 0 Å². The van der Waals surface area contributed by atoms with Crippen LogP contribution in [0.1, 0.15) is 5.69 Å². The third-order valence-electron chi connectivity index (χ3n) is 1.53. The van der Waals surface area contributed by atoms with E-state index < -0.39 is 0 Å². The number of halogens is 2. The monoisotopic (exact) mass is 332 g/mol. The number of hydrogen-bond acceptors (Lipinski definition) is 2. The standard InChI is InChI=1S/C6H7N.C5H3ClIN/c1-6-4-2-3-5-7-6;6-4-2-1-3-8-5(4)7/h2-5H,1H3;1-3H. The van der Waals surface area contributed by atoms with E-state index in [1.165, 1.54) is 0 Å². The Labute approximate surface area is 108 Å². The Morgan fingerprint density at radius 3 is 2.13 bits per heavy atom. The van der Waals surface area contributed by atoms with Gasteiger partial charge in [0.05, 0.1) is 5.02 Å². The van der Waals surface area contributed by atoms with Crippen molar-refractivity contribution in [3.05, 3.63) is 57.1 Å². The fraction of sp³-hybridized carbons (Fsp3) is 0.0909. The fourth-order valence-electron chi connectivity index (χ4n) is 0.815. The van der Waals surface area contributed by atoms with Crippen molar-refractivity contribution in [2.24, 2.45) is 0 Å². The Kier molecular flexibility index (Phi) is 5.57. The van der Waals surface area contributed by atoms with E-state index in [0.29, 0.717) is 5.02 Å². The van der Waals surface area contributed by atoms with Crippen LogP contribution in [0.15, 0.2) is 42.7 Å². The highest BCUT2D eigenvalue weighted by Gasteiger charge is 1.90. The van der Waals surface area contributed by atoms with Crippen molar-refractivity contribution in [1.82, 2.24) is 9.97 Å². The zero-order valence-corrected chi connectivity index (χ0v) is 11.1. The molecule has 0 unspecified atom stereocenters. The van der Waals surface area contributed by atoms with Crippen molar-refractivity contribution in [3.8, 4) is 0 Å². The van der Waals surface area contributed by atoms with Crippen LogP contribution in [0.3, 0.4) is 0 Å². The molecule has 2 nitrogen and oxygen atoms in total. The van der Waals surface area contributed by atoms with Crippen molar-refractivity contribution in [2.45, 2.75) is 6.92 Å². The Morgan fingerprint density at radius 1 is 1.07 bits per heavy atom. The molecule has 0 saturated heterocycles. The van der Waals surface area contributed by atoms with Gasteiger partial charge in [0.1, 0.15) is 3.70 Å². The van der Waals surface area contributed by atoms with Gasteiger partial charge >= 0.3 is 0 Å². The van der Waals surface area contributed by atoms with Gasteiger partial charge in [0, 0.05) is 18.1 Å². The van der Waals surface area contributed by atoms with Gasteiger partial charge in [0.15, 0.2) is 0 Å². The summed E-state index contributed by atoms with van der Waals surface area (Å²) in [6, 6.07) is 9.48. The molecule has 15 heavy (non-hydrogen) atoms. The number of hydrogen-bond donors (Lipinski definition) is 0. The third-order valence-corrected chi connectivity index (χ3v) is 3.01. The van der Waals surface area contributed by atoms with Crippen LogP contribution in [-0.2, 0) is 0 Å². The van der Waals surface area contributed by atoms with Gasteiger partial charge < -0.3 is 0 Å². The summed E-state index contributed by atoms with van der Waals surface area (Å²) >= 11 is 7.72. The molecule has 0 spiro atoms. The summed E-state index contributed by atoms with van der Waals surface area (Å²) in [4.78, 5) is 7.91. The maximum absolute atomic E-state index is 5.64. The maximum atomic E-state index is 5.64. The van der Waals surface area contributed by atoms with Gasteiger partial charge in [-0.1, -0.05) is 17.7 Å². The van der Waals surface area contributed by atoms with Crippen LogP contribution in [0.5, 0.6) is 0 Å². The summed E-state index contributed by atoms with van der Waals surface area (Å²) in [6.07, 6.45) is 3.50. The first-order valence-corrected chi connectivity index (χ1v) is 5.79. The van der Waals surface area contributed by atoms with E-state index in [0.717, 1.165) is 9.39 Å². The average molecular weight is 333 g/mol. The number of rotatable bonds is 0. The molecule has 0 aliphatic rings. The minimum absolute atomic E-state index is 0.716. The van der Waals surface area contributed by atoms with Crippen molar-refractivity contribution in [1.29, 1.82) is 0 Å². The minimum Gasteiger partial charge on any atom is -0.262 e. The summed E-state index contributed by atoms with van der Waals surface area (Å²) in [7, 11) is 0. The summed E-state index contributed by atoms with van der Waals surface area (Å²) in [5.41, 5.74) is 1.07. The van der Waals surface area contributed by atoms with E-state index in [9.17, 15) is 0 Å². The molecule has 0 aliphatic carbocycles. The SMILES string of the molecule is Cc1ccccn1.Clc1cccnc1I. The molecule has 2 aromatic rings. The molecule has 4 heteroatoms. The number of aryl methyl sites for hydroxylation is 1. The van der Waals surface area contributed by atoms with E-state index in [-0.39, 0.29) is 0 Å².